The minimum Gasteiger partial charge on any atom is -0.396 e. The summed E-state index contributed by atoms with van der Waals surface area (Å²) in [6.45, 7) is 3.59. The van der Waals surface area contributed by atoms with Crippen molar-refractivity contribution >= 4 is 29.2 Å². The van der Waals surface area contributed by atoms with Gasteiger partial charge in [0.05, 0.1) is 11.1 Å². The number of amides is 2. The van der Waals surface area contributed by atoms with E-state index < -0.39 is 17.9 Å². The van der Waals surface area contributed by atoms with Gasteiger partial charge < -0.3 is 15.7 Å². The number of carbonyl (C=O) groups is 1. The molecular weight excluding hydrogens is 318 g/mol. The van der Waals surface area contributed by atoms with Crippen molar-refractivity contribution in [3.63, 3.8) is 0 Å². The molecule has 2 amide bonds. The van der Waals surface area contributed by atoms with E-state index in [1.807, 2.05) is 6.92 Å². The second-order valence-electron chi connectivity index (χ2n) is 4.86. The summed E-state index contributed by atoms with van der Waals surface area (Å²) in [5, 5.41) is 14.3. The molecule has 0 aliphatic carbocycles. The molecule has 0 spiro atoms. The number of carbonyl (C=O) groups excluding carboxylic acids is 1. The maximum atomic E-state index is 13.5. The van der Waals surface area contributed by atoms with Crippen LogP contribution in [0.1, 0.15) is 38.3 Å². The third kappa shape index (κ3) is 5.34. The monoisotopic (exact) mass is 336 g/mol. The maximum Gasteiger partial charge on any atom is 0.315 e. The molecule has 0 saturated heterocycles. The van der Waals surface area contributed by atoms with Gasteiger partial charge in [0.25, 0.3) is 0 Å². The minimum absolute atomic E-state index is 0.0807. The number of hydrogen-bond donors (Lipinski definition) is 3. The van der Waals surface area contributed by atoms with Gasteiger partial charge in [-0.1, -0.05) is 23.2 Å². The number of nitrogens with one attached hydrogen (secondary N) is 2. The summed E-state index contributed by atoms with van der Waals surface area (Å²) >= 11 is 11.9. The highest BCUT2D eigenvalue weighted by Gasteiger charge is 2.19. The Hall–Kier alpha value is -1.04. The molecule has 2 atom stereocenters. The molecule has 118 valence electrons. The van der Waals surface area contributed by atoms with Gasteiger partial charge in [-0.05, 0) is 38.8 Å². The number of hydrogen-bond acceptors (Lipinski definition) is 2. The van der Waals surface area contributed by atoms with E-state index in [0.717, 1.165) is 0 Å². The summed E-state index contributed by atoms with van der Waals surface area (Å²) in [5.41, 5.74) is 0.344. The molecule has 0 radical (unpaired) electrons. The van der Waals surface area contributed by atoms with Crippen molar-refractivity contribution in [3.8, 4) is 0 Å². The summed E-state index contributed by atoms with van der Waals surface area (Å²) in [5.74, 6) is -0.582. The molecule has 0 heterocycles. The lowest BCUT2D eigenvalue weighted by molar-refractivity contribution is 0.231. The number of benzene rings is 1. The average Bonchev–Trinajstić information content (AvgIpc) is 2.40. The van der Waals surface area contributed by atoms with E-state index >= 15 is 0 Å². The Morgan fingerprint density at radius 2 is 2.00 bits per heavy atom. The normalized spacial score (nSPS) is 13.6. The third-order valence-corrected chi connectivity index (χ3v) is 3.75. The molecule has 3 N–H and O–H groups in total. The van der Waals surface area contributed by atoms with Gasteiger partial charge in [0.2, 0.25) is 0 Å². The first-order valence-corrected chi connectivity index (χ1v) is 7.43. The molecule has 0 aliphatic heterocycles. The van der Waals surface area contributed by atoms with Gasteiger partial charge in [0.1, 0.15) is 5.82 Å². The number of aliphatic hydroxyl groups excluding tert-OH is 1. The summed E-state index contributed by atoms with van der Waals surface area (Å²) in [4.78, 5) is 11.8. The Balaban J connectivity index is 2.67. The molecule has 1 rings (SSSR count). The number of urea groups is 1. The zero-order valence-corrected chi connectivity index (χ0v) is 13.4. The van der Waals surface area contributed by atoms with Crippen LogP contribution in [0.3, 0.4) is 0 Å². The van der Waals surface area contributed by atoms with Gasteiger partial charge in [-0.2, -0.15) is 0 Å². The first kappa shape index (κ1) is 18.0. The highest BCUT2D eigenvalue weighted by atomic mass is 35.5. The zero-order valence-electron chi connectivity index (χ0n) is 11.9. The molecule has 0 aliphatic rings. The lowest BCUT2D eigenvalue weighted by Gasteiger charge is -2.20. The number of rotatable bonds is 6. The second kappa shape index (κ2) is 8.41. The molecule has 0 bridgehead atoms. The summed E-state index contributed by atoms with van der Waals surface area (Å²) in [6, 6.07) is 1.56. The van der Waals surface area contributed by atoms with E-state index in [1.165, 1.54) is 12.1 Å². The largest absolute Gasteiger partial charge is 0.396 e. The Kier molecular flexibility index (Phi) is 7.22. The molecule has 0 saturated carbocycles. The van der Waals surface area contributed by atoms with Crippen molar-refractivity contribution in [2.24, 2.45) is 0 Å². The lowest BCUT2D eigenvalue weighted by atomic mass is 10.1. The van der Waals surface area contributed by atoms with E-state index in [1.54, 1.807) is 6.92 Å². The van der Waals surface area contributed by atoms with Crippen molar-refractivity contribution in [2.75, 3.05) is 6.61 Å². The van der Waals surface area contributed by atoms with Crippen LogP contribution < -0.4 is 10.6 Å². The van der Waals surface area contributed by atoms with E-state index in [0.29, 0.717) is 23.4 Å². The Morgan fingerprint density at radius 1 is 1.33 bits per heavy atom. The SMILES string of the molecule is CC(CCCO)NC(=O)NC(C)c1c(Cl)ccc(F)c1Cl. The molecule has 7 heteroatoms. The van der Waals surface area contributed by atoms with Gasteiger partial charge in [0, 0.05) is 23.2 Å². The van der Waals surface area contributed by atoms with Crippen LogP contribution in [-0.2, 0) is 0 Å². The summed E-state index contributed by atoms with van der Waals surface area (Å²) in [6.07, 6.45) is 1.28. The topological polar surface area (TPSA) is 61.4 Å². The van der Waals surface area contributed by atoms with Crippen molar-refractivity contribution < 1.29 is 14.3 Å². The molecule has 21 heavy (non-hydrogen) atoms. The maximum absolute atomic E-state index is 13.5. The van der Waals surface area contributed by atoms with Crippen LogP contribution in [0.5, 0.6) is 0 Å². The summed E-state index contributed by atoms with van der Waals surface area (Å²) < 4.78 is 13.5. The highest BCUT2D eigenvalue weighted by Crippen LogP contribution is 2.32. The van der Waals surface area contributed by atoms with Crippen LogP contribution >= 0.6 is 23.2 Å². The fraction of sp³-hybridized carbons (Fsp3) is 0.500. The van der Waals surface area contributed by atoms with Crippen molar-refractivity contribution in [1.29, 1.82) is 0 Å². The van der Waals surface area contributed by atoms with Gasteiger partial charge in [-0.25, -0.2) is 9.18 Å². The molecule has 0 aromatic heterocycles. The first-order chi connectivity index (χ1) is 9.86. The molecule has 1 aromatic rings. The van der Waals surface area contributed by atoms with Crippen molar-refractivity contribution in [1.82, 2.24) is 10.6 Å². The van der Waals surface area contributed by atoms with Crippen LogP contribution in [-0.4, -0.2) is 23.8 Å². The Morgan fingerprint density at radius 3 is 2.62 bits per heavy atom. The average molecular weight is 337 g/mol. The quantitative estimate of drug-likeness (QED) is 0.694. The van der Waals surface area contributed by atoms with Gasteiger partial charge in [-0.3, -0.25) is 0 Å². The Bertz CT molecular complexity index is 500. The molecule has 1 aromatic carbocycles. The first-order valence-electron chi connectivity index (χ1n) is 6.68. The van der Waals surface area contributed by atoms with Crippen LogP contribution in [0.25, 0.3) is 0 Å². The van der Waals surface area contributed by atoms with Crippen LogP contribution in [0.15, 0.2) is 12.1 Å². The Labute approximate surface area is 133 Å². The van der Waals surface area contributed by atoms with Gasteiger partial charge in [-0.15, -0.1) is 0 Å². The fourth-order valence-electron chi connectivity index (χ4n) is 1.94. The van der Waals surface area contributed by atoms with E-state index in [4.69, 9.17) is 28.3 Å². The van der Waals surface area contributed by atoms with E-state index in [2.05, 4.69) is 10.6 Å². The second-order valence-corrected chi connectivity index (χ2v) is 5.65. The van der Waals surface area contributed by atoms with E-state index in [-0.39, 0.29) is 17.7 Å². The number of aliphatic hydroxyl groups is 1. The molecule has 4 nitrogen and oxygen atoms in total. The smallest absolute Gasteiger partial charge is 0.315 e. The molecular formula is C14H19Cl2FN2O2. The standard InChI is InChI=1S/C14H19Cl2FN2O2/c1-8(4-3-7-20)18-14(21)19-9(2)12-10(15)5-6-11(17)13(12)16/h5-6,8-9,20H,3-4,7H2,1-2H3,(H2,18,19,21). The molecule has 2 unspecified atom stereocenters. The van der Waals surface area contributed by atoms with Crippen molar-refractivity contribution in [3.05, 3.63) is 33.6 Å². The third-order valence-electron chi connectivity index (χ3n) is 3.03. The van der Waals surface area contributed by atoms with E-state index in [9.17, 15) is 9.18 Å². The zero-order chi connectivity index (χ0) is 16.0. The lowest BCUT2D eigenvalue weighted by Crippen LogP contribution is -2.42. The van der Waals surface area contributed by atoms with Crippen LogP contribution in [0, 0.1) is 5.82 Å². The van der Waals surface area contributed by atoms with Gasteiger partial charge in [0.15, 0.2) is 0 Å². The predicted molar refractivity (Wildman–Crippen MR) is 82.3 cm³/mol. The van der Waals surface area contributed by atoms with Crippen LogP contribution in [0.2, 0.25) is 10.0 Å². The highest BCUT2D eigenvalue weighted by molar-refractivity contribution is 6.36. The molecule has 0 fully saturated rings. The summed E-state index contributed by atoms with van der Waals surface area (Å²) in [7, 11) is 0. The predicted octanol–water partition coefficient (Wildman–Crippen LogP) is 3.65. The van der Waals surface area contributed by atoms with Gasteiger partial charge >= 0.3 is 6.03 Å². The van der Waals surface area contributed by atoms with Crippen LogP contribution in [0.4, 0.5) is 9.18 Å². The van der Waals surface area contributed by atoms with Crippen molar-refractivity contribution in [2.45, 2.75) is 38.8 Å². The number of halogens is 3. The minimum atomic E-state index is -0.582. The fourth-order valence-corrected chi connectivity index (χ4v) is 2.64.